The highest BCUT2D eigenvalue weighted by atomic mass is 16.3. The first-order chi connectivity index (χ1) is 11.3. The largest absolute Gasteiger partial charge is 0.508 e. The van der Waals surface area contributed by atoms with Gasteiger partial charge in [-0.25, -0.2) is 4.98 Å². The monoisotopic (exact) mass is 304 g/mol. The highest BCUT2D eigenvalue weighted by Crippen LogP contribution is 2.36. The Morgan fingerprint density at radius 3 is 2.52 bits per heavy atom. The second-order valence-corrected chi connectivity index (χ2v) is 5.73. The molecule has 0 radical (unpaired) electrons. The molecule has 4 rings (SSSR count). The normalized spacial score (nSPS) is 14.3. The highest BCUT2D eigenvalue weighted by Gasteiger charge is 2.25. The molecule has 1 aromatic carbocycles. The predicted octanol–water partition coefficient (Wildman–Crippen LogP) is 3.20. The van der Waals surface area contributed by atoms with Crippen LogP contribution in [0.15, 0.2) is 42.6 Å². The van der Waals surface area contributed by atoms with Gasteiger partial charge >= 0.3 is 0 Å². The van der Waals surface area contributed by atoms with Gasteiger partial charge in [-0.05, 0) is 49.2 Å². The van der Waals surface area contributed by atoms with Gasteiger partial charge in [0.25, 0.3) is 0 Å². The van der Waals surface area contributed by atoms with Gasteiger partial charge in [0.1, 0.15) is 28.8 Å². The summed E-state index contributed by atoms with van der Waals surface area (Å²) in [4.78, 5) is 6.76. The van der Waals surface area contributed by atoms with Crippen LogP contribution in [0.4, 0.5) is 5.82 Å². The number of rotatable bonds is 2. The van der Waals surface area contributed by atoms with E-state index in [0.29, 0.717) is 5.56 Å². The van der Waals surface area contributed by atoms with Gasteiger partial charge in [0.05, 0.1) is 0 Å². The van der Waals surface area contributed by atoms with Gasteiger partial charge in [0, 0.05) is 30.4 Å². The van der Waals surface area contributed by atoms with Crippen LogP contribution >= 0.6 is 0 Å². The van der Waals surface area contributed by atoms with Crippen LogP contribution in [0.3, 0.4) is 0 Å². The minimum atomic E-state index is 0.224. The van der Waals surface area contributed by atoms with Gasteiger partial charge in [-0.2, -0.15) is 5.26 Å². The van der Waals surface area contributed by atoms with Crippen molar-refractivity contribution in [3.05, 3.63) is 48.2 Å². The third-order valence-electron chi connectivity index (χ3n) is 4.33. The van der Waals surface area contributed by atoms with E-state index in [9.17, 15) is 10.4 Å². The lowest BCUT2D eigenvalue weighted by molar-refractivity contribution is 0.475. The molecular formula is C18H16N4O. The van der Waals surface area contributed by atoms with E-state index in [1.165, 1.54) is 0 Å². The lowest BCUT2D eigenvalue weighted by Gasteiger charge is -2.21. The molecule has 1 N–H and O–H groups in total. The Labute approximate surface area is 134 Å². The lowest BCUT2D eigenvalue weighted by Crippen LogP contribution is -2.21. The molecule has 0 spiro atoms. The van der Waals surface area contributed by atoms with Crippen molar-refractivity contribution < 1.29 is 5.11 Å². The van der Waals surface area contributed by atoms with Gasteiger partial charge in [-0.3, -0.25) is 4.57 Å². The summed E-state index contributed by atoms with van der Waals surface area (Å²) >= 11 is 0. The van der Waals surface area contributed by atoms with Crippen LogP contribution < -0.4 is 4.90 Å². The number of nitriles is 1. The third kappa shape index (κ3) is 2.11. The zero-order chi connectivity index (χ0) is 15.8. The van der Waals surface area contributed by atoms with Crippen molar-refractivity contribution in [2.75, 3.05) is 18.0 Å². The fourth-order valence-electron chi connectivity index (χ4n) is 3.29. The van der Waals surface area contributed by atoms with Crippen molar-refractivity contribution in [1.82, 2.24) is 9.55 Å². The Bertz CT molecular complexity index is 899. The molecule has 5 heteroatoms. The molecule has 0 bridgehead atoms. The van der Waals surface area contributed by atoms with E-state index in [0.717, 1.165) is 48.5 Å². The second kappa shape index (κ2) is 5.33. The van der Waals surface area contributed by atoms with Crippen LogP contribution in [-0.2, 0) is 0 Å². The minimum absolute atomic E-state index is 0.224. The van der Waals surface area contributed by atoms with E-state index in [1.54, 1.807) is 18.3 Å². The highest BCUT2D eigenvalue weighted by molar-refractivity contribution is 5.92. The van der Waals surface area contributed by atoms with E-state index < -0.39 is 0 Å². The standard InChI is InChI=1S/C18H16N4O/c19-12-16-15-4-3-9-20-17(15)22(13-5-7-14(23)8-6-13)18(16)21-10-1-2-11-21/h3-9,23H,1-2,10-11H2. The lowest BCUT2D eigenvalue weighted by atomic mass is 10.2. The quantitative estimate of drug-likeness (QED) is 0.789. The molecule has 1 fully saturated rings. The molecule has 0 atom stereocenters. The molecule has 0 aliphatic carbocycles. The van der Waals surface area contributed by atoms with Gasteiger partial charge in [-0.15, -0.1) is 0 Å². The molecule has 1 saturated heterocycles. The van der Waals surface area contributed by atoms with Crippen molar-refractivity contribution in [1.29, 1.82) is 5.26 Å². The van der Waals surface area contributed by atoms with E-state index in [-0.39, 0.29) is 5.75 Å². The molecule has 0 unspecified atom stereocenters. The van der Waals surface area contributed by atoms with Crippen LogP contribution in [0.2, 0.25) is 0 Å². The Balaban J connectivity index is 2.06. The summed E-state index contributed by atoms with van der Waals surface area (Å²) in [5.41, 5.74) is 2.34. The van der Waals surface area contributed by atoms with Gasteiger partial charge < -0.3 is 10.0 Å². The molecule has 5 nitrogen and oxygen atoms in total. The number of pyridine rings is 1. The number of hydrogen-bond acceptors (Lipinski definition) is 4. The molecule has 1 aliphatic heterocycles. The molecule has 23 heavy (non-hydrogen) atoms. The van der Waals surface area contributed by atoms with E-state index in [4.69, 9.17) is 0 Å². The molecule has 1 aliphatic rings. The molecule has 2 aromatic heterocycles. The zero-order valence-corrected chi connectivity index (χ0v) is 12.6. The van der Waals surface area contributed by atoms with Crippen molar-refractivity contribution in [3.63, 3.8) is 0 Å². The Hall–Kier alpha value is -3.00. The van der Waals surface area contributed by atoms with E-state index in [2.05, 4.69) is 16.0 Å². The van der Waals surface area contributed by atoms with Crippen molar-refractivity contribution in [3.8, 4) is 17.5 Å². The summed E-state index contributed by atoms with van der Waals surface area (Å²) in [7, 11) is 0. The maximum atomic E-state index is 9.72. The van der Waals surface area contributed by atoms with E-state index in [1.807, 2.05) is 28.8 Å². The third-order valence-corrected chi connectivity index (χ3v) is 4.33. The fraction of sp³-hybridized carbons (Fsp3) is 0.222. The number of hydrogen-bond donors (Lipinski definition) is 1. The van der Waals surface area contributed by atoms with Crippen LogP contribution in [-0.4, -0.2) is 27.7 Å². The number of anilines is 1. The second-order valence-electron chi connectivity index (χ2n) is 5.73. The summed E-state index contributed by atoms with van der Waals surface area (Å²) in [6, 6.07) is 13.2. The maximum absolute atomic E-state index is 9.72. The predicted molar refractivity (Wildman–Crippen MR) is 88.9 cm³/mol. The summed E-state index contributed by atoms with van der Waals surface area (Å²) in [6.07, 6.45) is 4.01. The van der Waals surface area contributed by atoms with Crippen LogP contribution in [0.25, 0.3) is 16.7 Å². The molecular weight excluding hydrogens is 288 g/mol. The van der Waals surface area contributed by atoms with Gasteiger partial charge in [-0.1, -0.05) is 0 Å². The van der Waals surface area contributed by atoms with Crippen LogP contribution in [0, 0.1) is 11.3 Å². The van der Waals surface area contributed by atoms with Crippen LogP contribution in [0.1, 0.15) is 18.4 Å². The van der Waals surface area contributed by atoms with Crippen LogP contribution in [0.5, 0.6) is 5.75 Å². The first kappa shape index (κ1) is 13.6. The van der Waals surface area contributed by atoms with Crippen molar-refractivity contribution in [2.45, 2.75) is 12.8 Å². The molecule has 0 amide bonds. The molecule has 0 saturated carbocycles. The molecule has 3 heterocycles. The Morgan fingerprint density at radius 1 is 1.09 bits per heavy atom. The Morgan fingerprint density at radius 2 is 1.83 bits per heavy atom. The first-order valence-corrected chi connectivity index (χ1v) is 7.73. The topological polar surface area (TPSA) is 65.1 Å². The summed E-state index contributed by atoms with van der Waals surface area (Å²) < 4.78 is 2.03. The summed E-state index contributed by atoms with van der Waals surface area (Å²) in [6.45, 7) is 1.90. The number of benzene rings is 1. The molecule has 114 valence electrons. The SMILES string of the molecule is N#Cc1c(N2CCCC2)n(-c2ccc(O)cc2)c2ncccc12. The van der Waals surface area contributed by atoms with Crippen molar-refractivity contribution in [2.24, 2.45) is 0 Å². The summed E-state index contributed by atoms with van der Waals surface area (Å²) in [5.74, 6) is 1.13. The number of aromatic hydroxyl groups is 1. The number of aromatic nitrogens is 2. The number of nitrogens with zero attached hydrogens (tertiary/aromatic N) is 4. The fourth-order valence-corrected chi connectivity index (χ4v) is 3.29. The van der Waals surface area contributed by atoms with Gasteiger partial charge in [0.2, 0.25) is 0 Å². The number of phenols is 1. The maximum Gasteiger partial charge on any atom is 0.147 e. The van der Waals surface area contributed by atoms with E-state index >= 15 is 0 Å². The summed E-state index contributed by atoms with van der Waals surface area (Å²) in [5, 5.41) is 20.2. The molecule has 3 aromatic rings. The minimum Gasteiger partial charge on any atom is -0.508 e. The Kier molecular flexibility index (Phi) is 3.16. The first-order valence-electron chi connectivity index (χ1n) is 7.73. The average Bonchev–Trinajstić information content (AvgIpc) is 3.21. The zero-order valence-electron chi connectivity index (χ0n) is 12.6. The number of phenolic OH excluding ortho intramolecular Hbond substituents is 1. The number of fused-ring (bicyclic) bond motifs is 1. The van der Waals surface area contributed by atoms with Gasteiger partial charge in [0.15, 0.2) is 0 Å². The van der Waals surface area contributed by atoms with Crippen molar-refractivity contribution >= 4 is 16.9 Å². The average molecular weight is 304 g/mol. The smallest absolute Gasteiger partial charge is 0.147 e.